The average Bonchev–Trinajstić information content (AvgIpc) is 3.65. The first-order valence-electron chi connectivity index (χ1n) is 13.9. The molecule has 0 spiro atoms. The number of piperazine rings is 1. The smallest absolute Gasteiger partial charge is 0.272 e. The van der Waals surface area contributed by atoms with Crippen LogP contribution < -0.4 is 5.32 Å². The number of benzene rings is 2. The van der Waals surface area contributed by atoms with Gasteiger partial charge in [0.2, 0.25) is 11.8 Å². The summed E-state index contributed by atoms with van der Waals surface area (Å²) < 4.78 is 7.80. The van der Waals surface area contributed by atoms with Gasteiger partial charge in [0.15, 0.2) is 11.4 Å². The number of rotatable bonds is 7. The molecule has 2 aromatic carbocycles. The van der Waals surface area contributed by atoms with E-state index in [0.717, 1.165) is 11.4 Å². The number of amides is 2. The molecule has 2 amide bonds. The van der Waals surface area contributed by atoms with E-state index in [1.54, 1.807) is 36.5 Å². The molecule has 0 bridgehead atoms. The second kappa shape index (κ2) is 11.5. The van der Waals surface area contributed by atoms with E-state index in [9.17, 15) is 9.59 Å². The van der Waals surface area contributed by atoms with Crippen molar-refractivity contribution in [2.75, 3.05) is 31.5 Å². The van der Waals surface area contributed by atoms with Gasteiger partial charge in [-0.2, -0.15) is 0 Å². The summed E-state index contributed by atoms with van der Waals surface area (Å²) in [5.41, 5.74) is 3.89. The molecule has 0 radical (unpaired) electrons. The van der Waals surface area contributed by atoms with Crippen molar-refractivity contribution in [2.24, 2.45) is 0 Å². The van der Waals surface area contributed by atoms with Gasteiger partial charge in [-0.1, -0.05) is 30.3 Å². The minimum Gasteiger partial charge on any atom is -0.436 e. The Balaban J connectivity index is 1.19. The van der Waals surface area contributed by atoms with Crippen molar-refractivity contribution < 1.29 is 14.0 Å². The predicted molar refractivity (Wildman–Crippen MR) is 156 cm³/mol. The summed E-state index contributed by atoms with van der Waals surface area (Å²) in [7, 11) is 0. The van der Waals surface area contributed by atoms with Crippen molar-refractivity contribution >= 4 is 28.6 Å². The number of hydrogen-bond donors (Lipinski definition) is 1. The van der Waals surface area contributed by atoms with Crippen LogP contribution in [-0.4, -0.2) is 78.0 Å². The van der Waals surface area contributed by atoms with E-state index in [0.29, 0.717) is 60.1 Å². The van der Waals surface area contributed by atoms with Gasteiger partial charge in [0.25, 0.3) is 5.91 Å². The second-order valence-corrected chi connectivity index (χ2v) is 10.5. The molecule has 42 heavy (non-hydrogen) atoms. The largest absolute Gasteiger partial charge is 0.436 e. The van der Waals surface area contributed by atoms with Crippen LogP contribution in [-0.2, 0) is 4.79 Å². The maximum absolute atomic E-state index is 13.5. The molecule has 6 rings (SSSR count). The third-order valence-corrected chi connectivity index (χ3v) is 7.27. The van der Waals surface area contributed by atoms with Crippen molar-refractivity contribution in [3.05, 3.63) is 83.9 Å². The molecule has 1 aliphatic rings. The van der Waals surface area contributed by atoms with Crippen LogP contribution in [0.1, 0.15) is 54.7 Å². The number of fused-ring (bicyclic) bond motifs is 1. The monoisotopic (exact) mass is 565 g/mol. The van der Waals surface area contributed by atoms with Crippen molar-refractivity contribution in [3.8, 4) is 11.5 Å². The molecule has 1 atom stereocenters. The Labute approximate surface area is 242 Å². The normalized spacial score (nSPS) is 14.8. The second-order valence-electron chi connectivity index (χ2n) is 10.5. The molecule has 1 unspecified atom stereocenters. The van der Waals surface area contributed by atoms with Crippen LogP contribution in [0.5, 0.6) is 0 Å². The van der Waals surface area contributed by atoms with Gasteiger partial charge in [-0.3, -0.25) is 19.5 Å². The SMILES string of the molecule is CC(=O)Nc1ccc2oc(-c3ccnc(C(=O)N4CCN(C(c5ccccc5)c5nnnn5C(C)C)CC4)c3)nc2c1. The van der Waals surface area contributed by atoms with Crippen LogP contribution in [0.4, 0.5) is 5.69 Å². The van der Waals surface area contributed by atoms with Gasteiger partial charge in [0.05, 0.1) is 12.1 Å². The number of anilines is 1. The zero-order valence-corrected chi connectivity index (χ0v) is 23.6. The Hall–Kier alpha value is -4.97. The lowest BCUT2D eigenvalue weighted by atomic mass is 10.0. The molecule has 1 fully saturated rings. The summed E-state index contributed by atoms with van der Waals surface area (Å²) >= 11 is 0. The van der Waals surface area contributed by atoms with Crippen molar-refractivity contribution in [1.82, 2.24) is 40.0 Å². The van der Waals surface area contributed by atoms with Gasteiger partial charge < -0.3 is 14.6 Å². The Morgan fingerprint density at radius 2 is 1.76 bits per heavy atom. The summed E-state index contributed by atoms with van der Waals surface area (Å²) in [5.74, 6) is 0.846. The van der Waals surface area contributed by atoms with Crippen LogP contribution >= 0.6 is 0 Å². The lowest BCUT2D eigenvalue weighted by Gasteiger charge is -2.39. The third kappa shape index (κ3) is 5.48. The molecule has 1 saturated heterocycles. The lowest BCUT2D eigenvalue weighted by Crippen LogP contribution is -2.50. The van der Waals surface area contributed by atoms with Gasteiger partial charge in [-0.25, -0.2) is 9.67 Å². The number of nitrogens with zero attached hydrogens (tertiary/aromatic N) is 8. The zero-order valence-electron chi connectivity index (χ0n) is 23.6. The highest BCUT2D eigenvalue weighted by Crippen LogP contribution is 2.30. The highest BCUT2D eigenvalue weighted by Gasteiger charge is 2.32. The van der Waals surface area contributed by atoms with E-state index in [2.05, 4.69) is 61.7 Å². The van der Waals surface area contributed by atoms with E-state index >= 15 is 0 Å². The summed E-state index contributed by atoms with van der Waals surface area (Å²) in [6.07, 6.45) is 1.59. The van der Waals surface area contributed by atoms with E-state index in [1.807, 2.05) is 27.8 Å². The molecular weight excluding hydrogens is 534 g/mol. The zero-order chi connectivity index (χ0) is 29.2. The molecule has 12 nitrogen and oxygen atoms in total. The summed E-state index contributed by atoms with van der Waals surface area (Å²) in [4.78, 5) is 38.0. The number of nitrogens with one attached hydrogen (secondary N) is 1. The fraction of sp³-hybridized carbons (Fsp3) is 0.300. The number of carbonyl (C=O) groups is 2. The van der Waals surface area contributed by atoms with E-state index in [4.69, 9.17) is 4.42 Å². The van der Waals surface area contributed by atoms with Crippen LogP contribution in [0, 0.1) is 0 Å². The standard InChI is InChI=1S/C30H31N9O3/c1-19(2)39-28(34-35-36-39)27(21-7-5-4-6-8-21)37-13-15-38(16-14-37)30(41)25-17-22(11-12-31-25)29-33-24-18-23(32-20(3)40)9-10-26(24)42-29/h4-12,17-19,27H,13-16H2,1-3H3,(H,32,40). The highest BCUT2D eigenvalue weighted by molar-refractivity contribution is 5.94. The first-order valence-corrected chi connectivity index (χ1v) is 13.9. The molecule has 0 saturated carbocycles. The fourth-order valence-electron chi connectivity index (χ4n) is 5.26. The van der Waals surface area contributed by atoms with E-state index in [1.165, 1.54) is 6.92 Å². The predicted octanol–water partition coefficient (Wildman–Crippen LogP) is 3.96. The van der Waals surface area contributed by atoms with Gasteiger partial charge >= 0.3 is 0 Å². The van der Waals surface area contributed by atoms with E-state index < -0.39 is 0 Å². The molecule has 1 N–H and O–H groups in total. The summed E-state index contributed by atoms with van der Waals surface area (Å²) in [5, 5.41) is 15.3. The molecule has 3 aromatic heterocycles. The van der Waals surface area contributed by atoms with Crippen LogP contribution in [0.2, 0.25) is 0 Å². The third-order valence-electron chi connectivity index (χ3n) is 7.27. The van der Waals surface area contributed by atoms with Crippen LogP contribution in [0.3, 0.4) is 0 Å². The number of oxazole rings is 1. The van der Waals surface area contributed by atoms with Gasteiger partial charge in [0, 0.05) is 50.6 Å². The number of tetrazole rings is 1. The van der Waals surface area contributed by atoms with Crippen molar-refractivity contribution in [3.63, 3.8) is 0 Å². The highest BCUT2D eigenvalue weighted by atomic mass is 16.3. The number of pyridine rings is 1. The average molecular weight is 566 g/mol. The number of aromatic nitrogens is 6. The first kappa shape index (κ1) is 27.2. The lowest BCUT2D eigenvalue weighted by molar-refractivity contribution is -0.114. The topological polar surface area (TPSA) is 135 Å². The molecular formula is C30H31N9O3. The van der Waals surface area contributed by atoms with Crippen molar-refractivity contribution in [1.29, 1.82) is 0 Å². The van der Waals surface area contributed by atoms with Crippen LogP contribution in [0.25, 0.3) is 22.6 Å². The van der Waals surface area contributed by atoms with Gasteiger partial charge in [0.1, 0.15) is 11.2 Å². The van der Waals surface area contributed by atoms with E-state index in [-0.39, 0.29) is 23.9 Å². The Morgan fingerprint density at radius 1 is 0.976 bits per heavy atom. The van der Waals surface area contributed by atoms with Crippen LogP contribution in [0.15, 0.2) is 71.3 Å². The first-order chi connectivity index (χ1) is 20.4. The molecule has 0 aliphatic carbocycles. The Kier molecular flexibility index (Phi) is 7.44. The minimum absolute atomic E-state index is 0.114. The number of hydrogen-bond acceptors (Lipinski definition) is 9. The Bertz CT molecular complexity index is 1720. The quantitative estimate of drug-likeness (QED) is 0.311. The maximum atomic E-state index is 13.5. The molecule has 214 valence electrons. The molecule has 12 heteroatoms. The Morgan fingerprint density at radius 3 is 2.50 bits per heavy atom. The van der Waals surface area contributed by atoms with Gasteiger partial charge in [-0.15, -0.1) is 5.10 Å². The molecule has 4 heterocycles. The van der Waals surface area contributed by atoms with Crippen molar-refractivity contribution in [2.45, 2.75) is 32.9 Å². The fourth-order valence-corrected chi connectivity index (χ4v) is 5.26. The molecule has 5 aromatic rings. The maximum Gasteiger partial charge on any atom is 0.272 e. The molecule has 1 aliphatic heterocycles. The summed E-state index contributed by atoms with van der Waals surface area (Å²) in [6, 6.07) is 18.9. The van der Waals surface area contributed by atoms with Gasteiger partial charge in [-0.05, 0) is 60.2 Å². The summed E-state index contributed by atoms with van der Waals surface area (Å²) in [6.45, 7) is 7.94. The minimum atomic E-state index is -0.164. The number of carbonyl (C=O) groups excluding carboxylic acids is 2.